The van der Waals surface area contributed by atoms with E-state index in [2.05, 4.69) is 5.32 Å². The van der Waals surface area contributed by atoms with Gasteiger partial charge in [0.05, 0.1) is 12.7 Å². The maximum atomic E-state index is 10.7. The van der Waals surface area contributed by atoms with Crippen molar-refractivity contribution in [1.29, 1.82) is 0 Å². The molecule has 1 radical (unpaired) electrons. The summed E-state index contributed by atoms with van der Waals surface area (Å²) in [5.74, 6) is -0.764. The van der Waals surface area contributed by atoms with E-state index in [0.29, 0.717) is 0 Å². The Balaban J connectivity index is 2.51. The summed E-state index contributed by atoms with van der Waals surface area (Å²) in [4.78, 5) is 12.6. The van der Waals surface area contributed by atoms with E-state index in [0.717, 1.165) is 25.8 Å². The van der Waals surface area contributed by atoms with Crippen LogP contribution in [0, 0.1) is 0 Å². The minimum Gasteiger partial charge on any atom is -0.480 e. The maximum absolute atomic E-state index is 10.7. The number of carboxylic acid groups (broad SMARTS) is 1. The van der Waals surface area contributed by atoms with Crippen LogP contribution in [0.4, 0.5) is 0 Å². The standard InChI is InChI=1S/C10H19N2O2/c1-8(2)12(7-10(13)14)9-5-3-4-6-11-9/h8-9H,3-7H2,1-2H3,(H,13,14). The normalized spacial score (nSPS) is 23.0. The van der Waals surface area contributed by atoms with Crippen molar-refractivity contribution in [2.24, 2.45) is 0 Å². The smallest absolute Gasteiger partial charge is 0.317 e. The molecule has 0 amide bonds. The van der Waals surface area contributed by atoms with E-state index in [-0.39, 0.29) is 18.8 Å². The monoisotopic (exact) mass is 199 g/mol. The van der Waals surface area contributed by atoms with Crippen LogP contribution < -0.4 is 5.32 Å². The first-order chi connectivity index (χ1) is 6.61. The summed E-state index contributed by atoms with van der Waals surface area (Å²) < 4.78 is 0. The Morgan fingerprint density at radius 2 is 2.29 bits per heavy atom. The van der Waals surface area contributed by atoms with Crippen LogP contribution in [0.15, 0.2) is 0 Å². The van der Waals surface area contributed by atoms with Crippen molar-refractivity contribution < 1.29 is 9.90 Å². The van der Waals surface area contributed by atoms with Crippen molar-refractivity contribution in [2.75, 3.05) is 13.1 Å². The summed E-state index contributed by atoms with van der Waals surface area (Å²) in [5.41, 5.74) is 0. The van der Waals surface area contributed by atoms with Gasteiger partial charge in [0, 0.05) is 12.6 Å². The van der Waals surface area contributed by atoms with Gasteiger partial charge < -0.3 is 5.11 Å². The van der Waals surface area contributed by atoms with Gasteiger partial charge in [0.1, 0.15) is 0 Å². The average molecular weight is 199 g/mol. The van der Waals surface area contributed by atoms with Crippen LogP contribution in [0.25, 0.3) is 0 Å². The van der Waals surface area contributed by atoms with Crippen molar-refractivity contribution in [3.05, 3.63) is 0 Å². The number of carbonyl (C=O) groups is 1. The third-order valence-electron chi connectivity index (χ3n) is 2.57. The minimum absolute atomic E-state index is 0.103. The highest BCUT2D eigenvalue weighted by atomic mass is 16.4. The lowest BCUT2D eigenvalue weighted by Crippen LogP contribution is -2.49. The van der Waals surface area contributed by atoms with Crippen LogP contribution in [0.3, 0.4) is 0 Å². The molecule has 0 spiro atoms. The van der Waals surface area contributed by atoms with Gasteiger partial charge in [-0.25, -0.2) is 5.32 Å². The third kappa shape index (κ3) is 3.27. The Labute approximate surface area is 85.3 Å². The van der Waals surface area contributed by atoms with Crippen LogP contribution in [-0.4, -0.2) is 41.3 Å². The van der Waals surface area contributed by atoms with Gasteiger partial charge in [-0.3, -0.25) is 9.69 Å². The van der Waals surface area contributed by atoms with Crippen LogP contribution in [0.1, 0.15) is 33.1 Å². The van der Waals surface area contributed by atoms with E-state index in [1.54, 1.807) is 0 Å². The summed E-state index contributed by atoms with van der Waals surface area (Å²) in [5, 5.41) is 13.2. The zero-order valence-electron chi connectivity index (χ0n) is 8.94. The fourth-order valence-electron chi connectivity index (χ4n) is 1.83. The van der Waals surface area contributed by atoms with Gasteiger partial charge in [0.2, 0.25) is 0 Å². The lowest BCUT2D eigenvalue weighted by Gasteiger charge is -2.35. The Bertz CT molecular complexity index is 189. The molecule has 1 aliphatic rings. The molecule has 81 valence electrons. The molecule has 1 saturated heterocycles. The second kappa shape index (κ2) is 5.32. The van der Waals surface area contributed by atoms with E-state index >= 15 is 0 Å². The lowest BCUT2D eigenvalue weighted by atomic mass is 10.1. The topological polar surface area (TPSA) is 54.6 Å². The van der Waals surface area contributed by atoms with E-state index < -0.39 is 5.97 Å². The number of rotatable bonds is 4. The number of hydrogen-bond acceptors (Lipinski definition) is 2. The van der Waals surface area contributed by atoms with Crippen LogP contribution >= 0.6 is 0 Å². The van der Waals surface area contributed by atoms with Crippen molar-refractivity contribution in [1.82, 2.24) is 10.2 Å². The van der Waals surface area contributed by atoms with Crippen molar-refractivity contribution in [2.45, 2.75) is 45.3 Å². The summed E-state index contributed by atoms with van der Waals surface area (Å²) >= 11 is 0. The molecule has 0 aromatic rings. The fourth-order valence-corrected chi connectivity index (χ4v) is 1.83. The zero-order chi connectivity index (χ0) is 10.6. The first kappa shape index (κ1) is 11.5. The van der Waals surface area contributed by atoms with Gasteiger partial charge in [-0.2, -0.15) is 0 Å². The van der Waals surface area contributed by atoms with E-state index in [9.17, 15) is 4.79 Å². The molecule has 1 N–H and O–H groups in total. The van der Waals surface area contributed by atoms with E-state index in [1.165, 1.54) is 0 Å². The van der Waals surface area contributed by atoms with Crippen molar-refractivity contribution >= 4 is 5.97 Å². The van der Waals surface area contributed by atoms with Gasteiger partial charge in [-0.15, -0.1) is 0 Å². The largest absolute Gasteiger partial charge is 0.480 e. The predicted octanol–water partition coefficient (Wildman–Crippen LogP) is 0.896. The van der Waals surface area contributed by atoms with Crippen molar-refractivity contribution in [3.8, 4) is 0 Å². The van der Waals surface area contributed by atoms with Gasteiger partial charge in [-0.1, -0.05) is 0 Å². The van der Waals surface area contributed by atoms with E-state index in [4.69, 9.17) is 5.11 Å². The molecule has 4 heteroatoms. The molecular formula is C10H19N2O2. The highest BCUT2D eigenvalue weighted by Gasteiger charge is 2.25. The van der Waals surface area contributed by atoms with Crippen LogP contribution in [-0.2, 0) is 4.79 Å². The minimum atomic E-state index is -0.764. The Morgan fingerprint density at radius 3 is 2.71 bits per heavy atom. The third-order valence-corrected chi connectivity index (χ3v) is 2.57. The molecule has 1 unspecified atom stereocenters. The molecule has 0 aromatic heterocycles. The summed E-state index contributed by atoms with van der Waals surface area (Å²) in [6, 6.07) is 0.248. The molecule has 1 heterocycles. The highest BCUT2D eigenvalue weighted by Crippen LogP contribution is 2.15. The quantitative estimate of drug-likeness (QED) is 0.731. The van der Waals surface area contributed by atoms with Crippen LogP contribution in [0.2, 0.25) is 0 Å². The van der Waals surface area contributed by atoms with E-state index in [1.807, 2.05) is 18.7 Å². The molecule has 0 aliphatic carbocycles. The summed E-state index contributed by atoms with van der Waals surface area (Å²) in [6.45, 7) is 5.03. The number of carboxylic acids is 1. The number of aliphatic carboxylic acids is 1. The maximum Gasteiger partial charge on any atom is 0.317 e. The Morgan fingerprint density at radius 1 is 1.57 bits per heavy atom. The molecule has 0 bridgehead atoms. The second-order valence-corrected chi connectivity index (χ2v) is 4.04. The number of nitrogens with zero attached hydrogens (tertiary/aromatic N) is 2. The Kier molecular flexibility index (Phi) is 4.35. The molecule has 1 aliphatic heterocycles. The Hall–Kier alpha value is -0.610. The predicted molar refractivity (Wildman–Crippen MR) is 54.1 cm³/mol. The number of piperidine rings is 1. The molecule has 1 rings (SSSR count). The molecule has 0 aromatic carbocycles. The second-order valence-electron chi connectivity index (χ2n) is 4.04. The lowest BCUT2D eigenvalue weighted by molar-refractivity contribution is -0.140. The first-order valence-electron chi connectivity index (χ1n) is 5.25. The summed E-state index contributed by atoms with van der Waals surface area (Å²) in [6.07, 6.45) is 3.44. The van der Waals surface area contributed by atoms with Gasteiger partial charge >= 0.3 is 5.97 Å². The van der Waals surface area contributed by atoms with Crippen LogP contribution in [0.5, 0.6) is 0 Å². The summed E-state index contributed by atoms with van der Waals surface area (Å²) in [7, 11) is 0. The van der Waals surface area contributed by atoms with Crippen molar-refractivity contribution in [3.63, 3.8) is 0 Å². The zero-order valence-corrected chi connectivity index (χ0v) is 8.94. The fraction of sp³-hybridized carbons (Fsp3) is 0.900. The first-order valence-corrected chi connectivity index (χ1v) is 5.25. The van der Waals surface area contributed by atoms with Gasteiger partial charge in [0.25, 0.3) is 0 Å². The SMILES string of the molecule is CC(C)N(CC(=O)O)C1CCCC[N]1. The van der Waals surface area contributed by atoms with Gasteiger partial charge in [0.15, 0.2) is 0 Å². The number of hydrogen-bond donors (Lipinski definition) is 1. The molecule has 1 fully saturated rings. The molecule has 1 atom stereocenters. The highest BCUT2D eigenvalue weighted by molar-refractivity contribution is 5.69. The van der Waals surface area contributed by atoms with Gasteiger partial charge in [-0.05, 0) is 33.1 Å². The molecule has 4 nitrogen and oxygen atoms in total. The molecule has 14 heavy (non-hydrogen) atoms. The molecular weight excluding hydrogens is 180 g/mol. The average Bonchev–Trinajstić information content (AvgIpc) is 2.15. The molecule has 0 saturated carbocycles.